The van der Waals surface area contributed by atoms with Crippen LogP contribution in [0.1, 0.15) is 33.1 Å². The number of rotatable bonds is 5. The van der Waals surface area contributed by atoms with Crippen molar-refractivity contribution in [1.29, 1.82) is 0 Å². The molecule has 1 saturated heterocycles. The van der Waals surface area contributed by atoms with E-state index in [9.17, 15) is 18.0 Å². The SMILES string of the molecule is C=C[C@@H](C(=O)N1[C@H]2C[C@@H]3CC[C@@]2(CS1(=O)=O)C3(C)C)[C@@H](C(=O)OC)N(C)C. The van der Waals surface area contributed by atoms with E-state index in [0.29, 0.717) is 12.3 Å². The Morgan fingerprint density at radius 2 is 1.96 bits per heavy atom. The number of ether oxygens (including phenoxy) is 1. The number of hydrogen-bond donors (Lipinski definition) is 0. The maximum atomic E-state index is 13.4. The molecule has 3 fully saturated rings. The van der Waals surface area contributed by atoms with E-state index >= 15 is 0 Å². The van der Waals surface area contributed by atoms with E-state index in [4.69, 9.17) is 4.74 Å². The second kappa shape index (κ2) is 6.30. The fourth-order valence-electron chi connectivity index (χ4n) is 5.89. The zero-order chi connectivity index (χ0) is 20.4. The lowest BCUT2D eigenvalue weighted by Gasteiger charge is -2.38. The van der Waals surface area contributed by atoms with Crippen molar-refractivity contribution in [2.24, 2.45) is 22.7 Å². The number of hydrogen-bond acceptors (Lipinski definition) is 6. The Bertz CT molecular complexity index is 775. The minimum atomic E-state index is -3.74. The van der Waals surface area contributed by atoms with Gasteiger partial charge in [0.05, 0.1) is 24.8 Å². The lowest BCUT2D eigenvalue weighted by molar-refractivity contribution is -0.151. The summed E-state index contributed by atoms with van der Waals surface area (Å²) >= 11 is 0. The molecule has 0 aromatic rings. The highest BCUT2D eigenvalue weighted by Gasteiger charge is 2.72. The first-order valence-corrected chi connectivity index (χ1v) is 11.0. The average Bonchev–Trinajstić information content (AvgIpc) is 3.05. The van der Waals surface area contributed by atoms with Crippen molar-refractivity contribution in [1.82, 2.24) is 9.21 Å². The number of likely N-dealkylation sites (N-methyl/N-ethyl adjacent to an activating group) is 1. The van der Waals surface area contributed by atoms with Crippen LogP contribution in [0.2, 0.25) is 0 Å². The van der Waals surface area contributed by atoms with Gasteiger partial charge in [-0.3, -0.25) is 14.5 Å². The summed E-state index contributed by atoms with van der Waals surface area (Å²) in [5.74, 6) is -1.72. The Balaban J connectivity index is 2.01. The third-order valence-corrected chi connectivity index (χ3v) is 9.42. The van der Waals surface area contributed by atoms with Crippen LogP contribution in [0.25, 0.3) is 0 Å². The van der Waals surface area contributed by atoms with Crippen molar-refractivity contribution in [3.8, 4) is 0 Å². The highest BCUT2D eigenvalue weighted by molar-refractivity contribution is 7.90. The highest BCUT2D eigenvalue weighted by atomic mass is 32.2. The molecule has 3 rings (SSSR count). The number of carbonyl (C=O) groups is 2. The first-order chi connectivity index (χ1) is 12.4. The van der Waals surface area contributed by atoms with Crippen molar-refractivity contribution >= 4 is 21.9 Å². The summed E-state index contributed by atoms with van der Waals surface area (Å²) in [4.78, 5) is 27.3. The molecule has 0 unspecified atom stereocenters. The maximum Gasteiger partial charge on any atom is 0.324 e. The van der Waals surface area contributed by atoms with Crippen molar-refractivity contribution < 1.29 is 22.7 Å². The molecule has 0 N–H and O–H groups in total. The summed E-state index contributed by atoms with van der Waals surface area (Å²) < 4.78 is 32.1. The van der Waals surface area contributed by atoms with Gasteiger partial charge in [-0.05, 0) is 44.7 Å². The van der Waals surface area contributed by atoms with Crippen molar-refractivity contribution in [3.63, 3.8) is 0 Å². The second-order valence-electron chi connectivity index (χ2n) is 8.95. The minimum absolute atomic E-state index is 0.00856. The Hall–Kier alpha value is -1.41. The number of nitrogens with zero attached hydrogens (tertiary/aromatic N) is 2. The lowest BCUT2D eigenvalue weighted by Crippen LogP contribution is -2.52. The van der Waals surface area contributed by atoms with E-state index in [1.54, 1.807) is 19.0 Å². The number of carbonyl (C=O) groups excluding carboxylic acids is 2. The molecule has 3 aliphatic rings. The number of methoxy groups -OCH3 is 1. The number of amides is 1. The largest absolute Gasteiger partial charge is 0.468 e. The molecule has 7 nitrogen and oxygen atoms in total. The van der Waals surface area contributed by atoms with Gasteiger partial charge in [0.15, 0.2) is 0 Å². The van der Waals surface area contributed by atoms with Crippen molar-refractivity contribution in [2.75, 3.05) is 27.0 Å². The molecule has 8 heteroatoms. The topological polar surface area (TPSA) is 84.0 Å². The molecule has 152 valence electrons. The molecule has 1 aliphatic heterocycles. The molecule has 0 aromatic heterocycles. The van der Waals surface area contributed by atoms with Crippen LogP contribution < -0.4 is 0 Å². The van der Waals surface area contributed by atoms with Crippen LogP contribution in [-0.4, -0.2) is 68.5 Å². The maximum absolute atomic E-state index is 13.4. The zero-order valence-electron chi connectivity index (χ0n) is 16.8. The Morgan fingerprint density at radius 1 is 1.33 bits per heavy atom. The monoisotopic (exact) mass is 398 g/mol. The number of sulfonamides is 1. The van der Waals surface area contributed by atoms with E-state index < -0.39 is 39.3 Å². The summed E-state index contributed by atoms with van der Waals surface area (Å²) in [6, 6.07) is -1.25. The summed E-state index contributed by atoms with van der Waals surface area (Å²) in [7, 11) is 0.829. The number of fused-ring (bicyclic) bond motifs is 1. The van der Waals surface area contributed by atoms with Gasteiger partial charge >= 0.3 is 5.97 Å². The molecule has 2 saturated carbocycles. The van der Waals surface area contributed by atoms with Gasteiger partial charge in [-0.25, -0.2) is 12.7 Å². The first kappa shape index (κ1) is 20.3. The standard InChI is InChI=1S/C19H30N2O5S/c1-7-13(15(20(4)5)17(23)26-6)16(22)21-14-10-12-8-9-19(14,18(12,2)3)11-27(21,24)25/h7,12-15H,1,8-11H2,2-6H3/t12-,13+,14-,15-,19-/m0/s1. The van der Waals surface area contributed by atoms with E-state index in [0.717, 1.165) is 17.1 Å². The van der Waals surface area contributed by atoms with Gasteiger partial charge in [-0.1, -0.05) is 19.9 Å². The normalized spacial score (nSPS) is 35.0. The van der Waals surface area contributed by atoms with Gasteiger partial charge in [0, 0.05) is 5.41 Å². The van der Waals surface area contributed by atoms with Gasteiger partial charge in [0.25, 0.3) is 0 Å². The molecule has 27 heavy (non-hydrogen) atoms. The lowest BCUT2D eigenvalue weighted by atomic mass is 9.69. The quantitative estimate of drug-likeness (QED) is 0.512. The molecule has 5 atom stereocenters. The summed E-state index contributed by atoms with van der Waals surface area (Å²) in [5, 5.41) is 0. The second-order valence-corrected chi connectivity index (χ2v) is 10.8. The third kappa shape index (κ3) is 2.59. The first-order valence-electron chi connectivity index (χ1n) is 9.37. The molecule has 1 spiro atoms. The van der Waals surface area contributed by atoms with Gasteiger partial charge < -0.3 is 4.74 Å². The smallest absolute Gasteiger partial charge is 0.324 e. The Morgan fingerprint density at radius 3 is 2.44 bits per heavy atom. The fraction of sp³-hybridized carbons (Fsp3) is 0.789. The van der Waals surface area contributed by atoms with Crippen LogP contribution in [0.4, 0.5) is 0 Å². The molecule has 1 heterocycles. The molecular formula is C19H30N2O5S. The van der Waals surface area contributed by atoms with Crippen LogP contribution >= 0.6 is 0 Å². The molecular weight excluding hydrogens is 368 g/mol. The molecule has 2 aliphatic carbocycles. The predicted octanol–water partition coefficient (Wildman–Crippen LogP) is 1.26. The summed E-state index contributed by atoms with van der Waals surface area (Å²) in [5.41, 5.74) is -0.510. The van der Waals surface area contributed by atoms with Crippen LogP contribution in [0.5, 0.6) is 0 Å². The van der Waals surface area contributed by atoms with Gasteiger partial charge in [-0.2, -0.15) is 0 Å². The predicted molar refractivity (Wildman–Crippen MR) is 101 cm³/mol. The molecule has 0 radical (unpaired) electrons. The van der Waals surface area contributed by atoms with Crippen molar-refractivity contribution in [3.05, 3.63) is 12.7 Å². The minimum Gasteiger partial charge on any atom is -0.468 e. The van der Waals surface area contributed by atoms with Gasteiger partial charge in [-0.15, -0.1) is 6.58 Å². The van der Waals surface area contributed by atoms with Crippen LogP contribution in [-0.2, 0) is 24.3 Å². The Labute approximate surface area is 161 Å². The van der Waals surface area contributed by atoms with Crippen LogP contribution in [0.3, 0.4) is 0 Å². The molecule has 2 bridgehead atoms. The Kier molecular flexibility index (Phi) is 4.75. The van der Waals surface area contributed by atoms with E-state index in [1.807, 2.05) is 0 Å². The highest BCUT2D eigenvalue weighted by Crippen LogP contribution is 2.70. The van der Waals surface area contributed by atoms with Gasteiger partial charge in [0.1, 0.15) is 6.04 Å². The third-order valence-electron chi connectivity index (χ3n) is 7.51. The molecule has 1 amide bonds. The fourth-order valence-corrected chi connectivity index (χ4v) is 8.46. The van der Waals surface area contributed by atoms with E-state index in [-0.39, 0.29) is 17.2 Å². The summed E-state index contributed by atoms with van der Waals surface area (Å²) in [6.07, 6.45) is 3.90. The van der Waals surface area contributed by atoms with Crippen molar-refractivity contribution in [2.45, 2.75) is 45.2 Å². The average molecular weight is 399 g/mol. The zero-order valence-corrected chi connectivity index (χ0v) is 17.6. The van der Waals surface area contributed by atoms with Gasteiger partial charge in [0.2, 0.25) is 15.9 Å². The van der Waals surface area contributed by atoms with Crippen LogP contribution in [0.15, 0.2) is 12.7 Å². The van der Waals surface area contributed by atoms with E-state index in [1.165, 1.54) is 13.2 Å². The number of esters is 1. The van der Waals surface area contributed by atoms with Crippen LogP contribution in [0, 0.1) is 22.7 Å². The summed E-state index contributed by atoms with van der Waals surface area (Å²) in [6.45, 7) is 7.98. The van der Waals surface area contributed by atoms with E-state index in [2.05, 4.69) is 20.4 Å². The molecule has 0 aromatic carbocycles.